The van der Waals surface area contributed by atoms with Gasteiger partial charge in [0.25, 0.3) is 0 Å². The molecular formula is C15H24N2O2. The van der Waals surface area contributed by atoms with E-state index in [9.17, 15) is 0 Å². The summed E-state index contributed by atoms with van der Waals surface area (Å²) < 4.78 is 10.6. The van der Waals surface area contributed by atoms with Crippen LogP contribution in [0.4, 0.5) is 0 Å². The van der Waals surface area contributed by atoms with Gasteiger partial charge in [-0.3, -0.25) is 0 Å². The molecule has 0 aromatic heterocycles. The lowest BCUT2D eigenvalue weighted by Crippen LogP contribution is -2.37. The van der Waals surface area contributed by atoms with Gasteiger partial charge in [-0.05, 0) is 50.0 Å². The summed E-state index contributed by atoms with van der Waals surface area (Å²) in [5.41, 5.74) is 7.43. The summed E-state index contributed by atoms with van der Waals surface area (Å²) in [4.78, 5) is 2.45. The highest BCUT2D eigenvalue weighted by molar-refractivity contribution is 5.43. The third-order valence-electron chi connectivity index (χ3n) is 3.64. The SMILES string of the molecule is COc1ccc(CC(N)CN2CCCC2)cc1OC. The molecule has 0 radical (unpaired) electrons. The van der Waals surface area contributed by atoms with Gasteiger partial charge in [-0.1, -0.05) is 6.07 Å². The fourth-order valence-corrected chi connectivity index (χ4v) is 2.67. The van der Waals surface area contributed by atoms with Crippen LogP contribution in [-0.4, -0.2) is 44.8 Å². The van der Waals surface area contributed by atoms with Gasteiger partial charge in [0, 0.05) is 12.6 Å². The number of likely N-dealkylation sites (tertiary alicyclic amines) is 1. The lowest BCUT2D eigenvalue weighted by molar-refractivity contribution is 0.312. The van der Waals surface area contributed by atoms with E-state index in [1.807, 2.05) is 12.1 Å². The number of nitrogens with zero attached hydrogens (tertiary/aromatic N) is 1. The van der Waals surface area contributed by atoms with Crippen molar-refractivity contribution in [3.05, 3.63) is 23.8 Å². The van der Waals surface area contributed by atoms with Crippen LogP contribution in [-0.2, 0) is 6.42 Å². The maximum Gasteiger partial charge on any atom is 0.160 e. The van der Waals surface area contributed by atoms with Crippen LogP contribution in [0.15, 0.2) is 18.2 Å². The minimum Gasteiger partial charge on any atom is -0.493 e. The van der Waals surface area contributed by atoms with Crippen LogP contribution < -0.4 is 15.2 Å². The maximum absolute atomic E-state index is 6.23. The topological polar surface area (TPSA) is 47.7 Å². The number of hydrogen-bond donors (Lipinski definition) is 1. The van der Waals surface area contributed by atoms with E-state index in [0.717, 1.165) is 24.5 Å². The van der Waals surface area contributed by atoms with Crippen LogP contribution in [0.5, 0.6) is 11.5 Å². The molecule has 1 aliphatic rings. The molecule has 4 nitrogen and oxygen atoms in total. The number of methoxy groups -OCH3 is 2. The van der Waals surface area contributed by atoms with E-state index in [1.165, 1.54) is 31.5 Å². The van der Waals surface area contributed by atoms with Crippen molar-refractivity contribution in [2.75, 3.05) is 33.9 Å². The highest BCUT2D eigenvalue weighted by Gasteiger charge is 2.15. The summed E-state index contributed by atoms with van der Waals surface area (Å²) in [6, 6.07) is 6.20. The van der Waals surface area contributed by atoms with Crippen LogP contribution in [0, 0.1) is 0 Å². The minimum absolute atomic E-state index is 0.177. The van der Waals surface area contributed by atoms with Gasteiger partial charge in [-0.2, -0.15) is 0 Å². The Balaban J connectivity index is 1.94. The largest absolute Gasteiger partial charge is 0.493 e. The van der Waals surface area contributed by atoms with E-state index >= 15 is 0 Å². The molecule has 0 spiro atoms. The van der Waals surface area contributed by atoms with E-state index in [4.69, 9.17) is 15.2 Å². The lowest BCUT2D eigenvalue weighted by Gasteiger charge is -2.20. The molecule has 2 N–H and O–H groups in total. The number of hydrogen-bond acceptors (Lipinski definition) is 4. The van der Waals surface area contributed by atoms with Crippen molar-refractivity contribution in [3.8, 4) is 11.5 Å². The standard InChI is InChI=1S/C15H24N2O2/c1-18-14-6-5-12(10-15(14)19-2)9-13(16)11-17-7-3-4-8-17/h5-6,10,13H,3-4,7-9,11,16H2,1-2H3. The Bertz CT molecular complexity index is 403. The Hall–Kier alpha value is -1.26. The van der Waals surface area contributed by atoms with Gasteiger partial charge in [-0.25, -0.2) is 0 Å². The number of benzene rings is 1. The van der Waals surface area contributed by atoms with Crippen molar-refractivity contribution in [2.24, 2.45) is 5.73 Å². The van der Waals surface area contributed by atoms with E-state index in [0.29, 0.717) is 0 Å². The van der Waals surface area contributed by atoms with Crippen molar-refractivity contribution >= 4 is 0 Å². The predicted molar refractivity (Wildman–Crippen MR) is 76.9 cm³/mol. The van der Waals surface area contributed by atoms with Gasteiger partial charge < -0.3 is 20.1 Å². The molecule has 1 aromatic rings. The molecule has 1 unspecified atom stereocenters. The van der Waals surface area contributed by atoms with E-state index in [-0.39, 0.29) is 6.04 Å². The molecule has 1 fully saturated rings. The van der Waals surface area contributed by atoms with Gasteiger partial charge in [0.2, 0.25) is 0 Å². The predicted octanol–water partition coefficient (Wildman–Crippen LogP) is 1.67. The third-order valence-corrected chi connectivity index (χ3v) is 3.64. The second-order valence-corrected chi connectivity index (χ2v) is 5.16. The summed E-state index contributed by atoms with van der Waals surface area (Å²) in [6.07, 6.45) is 3.49. The van der Waals surface area contributed by atoms with Crippen LogP contribution >= 0.6 is 0 Å². The fraction of sp³-hybridized carbons (Fsp3) is 0.600. The number of ether oxygens (including phenoxy) is 2. The molecule has 0 saturated carbocycles. The van der Waals surface area contributed by atoms with Crippen molar-refractivity contribution in [1.29, 1.82) is 0 Å². The van der Waals surface area contributed by atoms with Crippen molar-refractivity contribution < 1.29 is 9.47 Å². The molecule has 1 saturated heterocycles. The Morgan fingerprint density at radius 3 is 2.47 bits per heavy atom. The molecule has 1 aromatic carbocycles. The molecule has 4 heteroatoms. The monoisotopic (exact) mass is 264 g/mol. The smallest absolute Gasteiger partial charge is 0.160 e. The minimum atomic E-state index is 0.177. The Morgan fingerprint density at radius 1 is 1.16 bits per heavy atom. The van der Waals surface area contributed by atoms with E-state index < -0.39 is 0 Å². The summed E-state index contributed by atoms with van der Waals surface area (Å²) >= 11 is 0. The van der Waals surface area contributed by atoms with Crippen molar-refractivity contribution in [1.82, 2.24) is 4.90 Å². The first-order valence-corrected chi connectivity index (χ1v) is 6.91. The number of rotatable bonds is 6. The van der Waals surface area contributed by atoms with Gasteiger partial charge in [0.05, 0.1) is 14.2 Å². The molecular weight excluding hydrogens is 240 g/mol. The van der Waals surface area contributed by atoms with Gasteiger partial charge >= 0.3 is 0 Å². The Morgan fingerprint density at radius 2 is 1.84 bits per heavy atom. The van der Waals surface area contributed by atoms with Crippen molar-refractivity contribution in [3.63, 3.8) is 0 Å². The zero-order chi connectivity index (χ0) is 13.7. The van der Waals surface area contributed by atoms with Gasteiger partial charge in [0.1, 0.15) is 0 Å². The van der Waals surface area contributed by atoms with E-state index in [2.05, 4.69) is 11.0 Å². The molecule has 0 amide bonds. The van der Waals surface area contributed by atoms with Crippen LogP contribution in [0.25, 0.3) is 0 Å². The summed E-state index contributed by atoms with van der Waals surface area (Å²) in [5.74, 6) is 1.53. The van der Waals surface area contributed by atoms with Gasteiger partial charge in [-0.15, -0.1) is 0 Å². The molecule has 0 aliphatic carbocycles. The lowest BCUT2D eigenvalue weighted by atomic mass is 10.1. The molecule has 1 aliphatic heterocycles. The third kappa shape index (κ3) is 3.85. The molecule has 106 valence electrons. The molecule has 1 heterocycles. The van der Waals surface area contributed by atoms with Crippen molar-refractivity contribution in [2.45, 2.75) is 25.3 Å². The Labute approximate surface area is 115 Å². The highest BCUT2D eigenvalue weighted by atomic mass is 16.5. The molecule has 2 rings (SSSR count). The second kappa shape index (κ2) is 6.78. The first kappa shape index (κ1) is 14.2. The quantitative estimate of drug-likeness (QED) is 0.849. The van der Waals surface area contributed by atoms with E-state index in [1.54, 1.807) is 14.2 Å². The fourth-order valence-electron chi connectivity index (χ4n) is 2.67. The highest BCUT2D eigenvalue weighted by Crippen LogP contribution is 2.27. The zero-order valence-electron chi connectivity index (χ0n) is 11.9. The van der Waals surface area contributed by atoms with Crippen LogP contribution in [0.1, 0.15) is 18.4 Å². The second-order valence-electron chi connectivity index (χ2n) is 5.16. The van der Waals surface area contributed by atoms with Crippen LogP contribution in [0.3, 0.4) is 0 Å². The maximum atomic E-state index is 6.23. The summed E-state index contributed by atoms with van der Waals surface area (Å²) in [5, 5.41) is 0. The molecule has 0 bridgehead atoms. The summed E-state index contributed by atoms with van der Waals surface area (Å²) in [7, 11) is 3.31. The number of nitrogens with two attached hydrogens (primary N) is 1. The van der Waals surface area contributed by atoms with Crippen LogP contribution in [0.2, 0.25) is 0 Å². The first-order chi connectivity index (χ1) is 9.22. The summed E-state index contributed by atoms with van der Waals surface area (Å²) in [6.45, 7) is 3.37. The van der Waals surface area contributed by atoms with Gasteiger partial charge in [0.15, 0.2) is 11.5 Å². The zero-order valence-corrected chi connectivity index (χ0v) is 11.9. The Kier molecular flexibility index (Phi) is 5.05. The average molecular weight is 264 g/mol. The normalized spacial score (nSPS) is 17.4. The molecule has 1 atom stereocenters. The molecule has 19 heavy (non-hydrogen) atoms. The average Bonchev–Trinajstić information content (AvgIpc) is 2.91. The first-order valence-electron chi connectivity index (χ1n) is 6.91.